The highest BCUT2D eigenvalue weighted by atomic mass is 14.9. The summed E-state index contributed by atoms with van der Waals surface area (Å²) in [6, 6.07) is 5.93. The van der Waals surface area contributed by atoms with Crippen molar-refractivity contribution < 1.29 is 0 Å². The summed E-state index contributed by atoms with van der Waals surface area (Å²) in [7, 11) is 0. The first kappa shape index (κ1) is 15.8. The molecule has 1 heterocycles. The van der Waals surface area contributed by atoms with Gasteiger partial charge in [0.1, 0.15) is 0 Å². The Bertz CT molecular complexity index is 764. The Hall–Kier alpha value is -2.60. The number of aromatic nitrogens is 2. The molecule has 22 heavy (non-hydrogen) atoms. The van der Waals surface area contributed by atoms with Gasteiger partial charge in [0.25, 0.3) is 0 Å². The first-order valence-corrected chi connectivity index (χ1v) is 7.48. The van der Waals surface area contributed by atoms with Crippen molar-refractivity contribution in [2.45, 2.75) is 27.2 Å². The maximum absolute atomic E-state index is 5.28. The van der Waals surface area contributed by atoms with E-state index in [-0.39, 0.29) is 0 Å². The molecule has 0 atom stereocenters. The number of aryl methyl sites for hydroxylation is 1. The SMILES string of the molecule is C#CCNc1ccc2nc(C)c(C(/C=C\C)=C/CC)nc2c1. The molecule has 2 rings (SSSR count). The van der Waals surface area contributed by atoms with Gasteiger partial charge in [-0.3, -0.25) is 0 Å². The smallest absolute Gasteiger partial charge is 0.0918 e. The predicted molar refractivity (Wildman–Crippen MR) is 94.7 cm³/mol. The molecule has 0 saturated carbocycles. The molecule has 3 nitrogen and oxygen atoms in total. The van der Waals surface area contributed by atoms with Crippen LogP contribution in [0.3, 0.4) is 0 Å². The summed E-state index contributed by atoms with van der Waals surface area (Å²) in [5.74, 6) is 2.57. The minimum atomic E-state index is 0.497. The van der Waals surface area contributed by atoms with Crippen molar-refractivity contribution in [1.29, 1.82) is 0 Å². The van der Waals surface area contributed by atoms with Crippen LogP contribution < -0.4 is 5.32 Å². The number of terminal acetylenes is 1. The highest BCUT2D eigenvalue weighted by Crippen LogP contribution is 2.23. The van der Waals surface area contributed by atoms with Crippen molar-refractivity contribution in [2.24, 2.45) is 0 Å². The standard InChI is InChI=1S/C19H21N3/c1-5-8-15(9-6-2)19-14(4)21-17-11-10-16(20-12-7-3)13-18(17)22-19/h3,5,8-11,13,20H,6,12H2,1-2,4H3/b8-5-,15-9+. The van der Waals surface area contributed by atoms with Gasteiger partial charge in [-0.05, 0) is 44.0 Å². The van der Waals surface area contributed by atoms with Gasteiger partial charge in [0, 0.05) is 5.69 Å². The molecule has 0 fully saturated rings. The van der Waals surface area contributed by atoms with Crippen molar-refractivity contribution in [3.8, 4) is 12.3 Å². The molecule has 0 unspecified atom stereocenters. The number of allylic oxidation sites excluding steroid dienone is 4. The second kappa shape index (κ2) is 7.42. The van der Waals surface area contributed by atoms with Crippen LogP contribution in [-0.2, 0) is 0 Å². The lowest BCUT2D eigenvalue weighted by atomic mass is 10.1. The Labute approximate surface area is 132 Å². The molecule has 0 amide bonds. The maximum Gasteiger partial charge on any atom is 0.0918 e. The van der Waals surface area contributed by atoms with E-state index >= 15 is 0 Å². The lowest BCUT2D eigenvalue weighted by Gasteiger charge is -2.09. The van der Waals surface area contributed by atoms with E-state index in [1.807, 2.05) is 38.1 Å². The Morgan fingerprint density at radius 1 is 1.32 bits per heavy atom. The van der Waals surface area contributed by atoms with Gasteiger partial charge in [-0.15, -0.1) is 6.42 Å². The molecule has 1 aromatic carbocycles. The van der Waals surface area contributed by atoms with Gasteiger partial charge < -0.3 is 5.32 Å². The number of fused-ring (bicyclic) bond motifs is 1. The molecule has 0 saturated heterocycles. The van der Waals surface area contributed by atoms with Crippen LogP contribution in [0.25, 0.3) is 16.6 Å². The number of hydrogen-bond acceptors (Lipinski definition) is 3. The third-order valence-electron chi connectivity index (χ3n) is 3.28. The Kier molecular flexibility index (Phi) is 5.32. The molecule has 0 aliphatic rings. The van der Waals surface area contributed by atoms with E-state index in [0.29, 0.717) is 6.54 Å². The number of benzene rings is 1. The number of hydrogen-bond donors (Lipinski definition) is 1. The fraction of sp³-hybridized carbons (Fsp3) is 0.263. The van der Waals surface area contributed by atoms with Crippen LogP contribution in [0.5, 0.6) is 0 Å². The zero-order valence-electron chi connectivity index (χ0n) is 13.4. The van der Waals surface area contributed by atoms with Gasteiger partial charge in [0.15, 0.2) is 0 Å². The lowest BCUT2D eigenvalue weighted by molar-refractivity contribution is 1.14. The molecule has 3 heteroatoms. The van der Waals surface area contributed by atoms with E-state index in [1.165, 1.54) is 0 Å². The minimum Gasteiger partial charge on any atom is -0.374 e. The van der Waals surface area contributed by atoms with E-state index in [4.69, 9.17) is 11.4 Å². The molecule has 1 N–H and O–H groups in total. The molecule has 2 aromatic rings. The van der Waals surface area contributed by atoms with Crippen LogP contribution in [0.1, 0.15) is 31.7 Å². The van der Waals surface area contributed by atoms with Crippen molar-refractivity contribution in [3.05, 3.63) is 47.8 Å². The van der Waals surface area contributed by atoms with Crippen LogP contribution in [0.4, 0.5) is 5.69 Å². The van der Waals surface area contributed by atoms with Crippen LogP contribution in [0.2, 0.25) is 0 Å². The van der Waals surface area contributed by atoms with Crippen LogP contribution in [0, 0.1) is 19.3 Å². The summed E-state index contributed by atoms with van der Waals surface area (Å²) in [5.41, 5.74) is 5.70. The first-order valence-electron chi connectivity index (χ1n) is 7.48. The minimum absolute atomic E-state index is 0.497. The Balaban J connectivity index is 2.53. The van der Waals surface area contributed by atoms with Gasteiger partial charge in [-0.25, -0.2) is 9.97 Å². The van der Waals surface area contributed by atoms with Gasteiger partial charge in [0.05, 0.1) is 29.0 Å². The zero-order chi connectivity index (χ0) is 15.9. The zero-order valence-corrected chi connectivity index (χ0v) is 13.4. The second-order valence-electron chi connectivity index (χ2n) is 4.99. The summed E-state index contributed by atoms with van der Waals surface area (Å²) in [6.45, 7) is 6.63. The van der Waals surface area contributed by atoms with Crippen molar-refractivity contribution in [1.82, 2.24) is 9.97 Å². The predicted octanol–water partition coefficient (Wildman–Crippen LogP) is 4.35. The summed E-state index contributed by atoms with van der Waals surface area (Å²) >= 11 is 0. The average molecular weight is 291 g/mol. The molecule has 112 valence electrons. The van der Waals surface area contributed by atoms with Gasteiger partial charge >= 0.3 is 0 Å². The molecule has 0 aliphatic carbocycles. The van der Waals surface area contributed by atoms with Crippen molar-refractivity contribution in [2.75, 3.05) is 11.9 Å². The maximum atomic E-state index is 5.28. The fourth-order valence-electron chi connectivity index (χ4n) is 2.32. The van der Waals surface area contributed by atoms with E-state index < -0.39 is 0 Å². The third-order valence-corrected chi connectivity index (χ3v) is 3.28. The normalized spacial score (nSPS) is 11.8. The van der Waals surface area contributed by atoms with Gasteiger partial charge in [-0.2, -0.15) is 0 Å². The summed E-state index contributed by atoms with van der Waals surface area (Å²) < 4.78 is 0. The molecular weight excluding hydrogens is 270 g/mol. The molecule has 0 aliphatic heterocycles. The van der Waals surface area contributed by atoms with Crippen LogP contribution in [-0.4, -0.2) is 16.5 Å². The number of anilines is 1. The molecule has 0 bridgehead atoms. The van der Waals surface area contributed by atoms with E-state index in [0.717, 1.165) is 40.1 Å². The molecule has 1 aromatic heterocycles. The third kappa shape index (κ3) is 3.53. The average Bonchev–Trinajstić information content (AvgIpc) is 2.52. The Morgan fingerprint density at radius 2 is 2.14 bits per heavy atom. The second-order valence-corrected chi connectivity index (χ2v) is 4.99. The Morgan fingerprint density at radius 3 is 2.82 bits per heavy atom. The highest BCUT2D eigenvalue weighted by Gasteiger charge is 2.08. The lowest BCUT2D eigenvalue weighted by Crippen LogP contribution is -2.00. The fourth-order valence-corrected chi connectivity index (χ4v) is 2.32. The topological polar surface area (TPSA) is 37.8 Å². The summed E-state index contributed by atoms with van der Waals surface area (Å²) in [6.07, 6.45) is 12.5. The quantitative estimate of drug-likeness (QED) is 0.657. The summed E-state index contributed by atoms with van der Waals surface area (Å²) in [4.78, 5) is 9.48. The first-order chi connectivity index (χ1) is 10.7. The van der Waals surface area contributed by atoms with Crippen LogP contribution >= 0.6 is 0 Å². The molecular formula is C19H21N3. The number of rotatable bonds is 5. The summed E-state index contributed by atoms with van der Waals surface area (Å²) in [5, 5.41) is 3.17. The highest BCUT2D eigenvalue weighted by molar-refractivity contribution is 5.82. The van der Waals surface area contributed by atoms with Gasteiger partial charge in [0.2, 0.25) is 0 Å². The van der Waals surface area contributed by atoms with E-state index in [1.54, 1.807) is 0 Å². The monoisotopic (exact) mass is 291 g/mol. The molecule has 0 spiro atoms. The van der Waals surface area contributed by atoms with Gasteiger partial charge in [-0.1, -0.05) is 31.1 Å². The number of nitrogens with zero attached hydrogens (tertiary/aromatic N) is 2. The molecule has 0 radical (unpaired) electrons. The number of nitrogens with one attached hydrogen (secondary N) is 1. The van der Waals surface area contributed by atoms with Crippen molar-refractivity contribution in [3.63, 3.8) is 0 Å². The van der Waals surface area contributed by atoms with E-state index in [9.17, 15) is 0 Å². The van der Waals surface area contributed by atoms with Crippen molar-refractivity contribution >= 4 is 22.3 Å². The largest absolute Gasteiger partial charge is 0.374 e. The van der Waals surface area contributed by atoms with Crippen LogP contribution in [0.15, 0.2) is 36.4 Å². The van der Waals surface area contributed by atoms with E-state index in [2.05, 4.69) is 35.3 Å².